The monoisotopic (exact) mass is 210 g/mol. The quantitative estimate of drug-likeness (QED) is 0.701. The highest BCUT2D eigenvalue weighted by Crippen LogP contribution is 2.03. The van der Waals surface area contributed by atoms with Gasteiger partial charge in [-0.3, -0.25) is 4.79 Å². The number of aromatic amines is 1. The standard InChI is InChI=1S/C11H18N2O2/c1-2-3-4-5-6-9-15-11-10(14)12-7-8-13-11/h7-8H,2-6,9H2,1H3,(H,12,14). The first kappa shape index (κ1) is 11.8. The fourth-order valence-corrected chi connectivity index (χ4v) is 1.32. The highest BCUT2D eigenvalue weighted by Gasteiger charge is 1.99. The molecule has 1 aromatic rings. The van der Waals surface area contributed by atoms with Gasteiger partial charge in [-0.05, 0) is 6.42 Å². The van der Waals surface area contributed by atoms with Crippen LogP contribution in [0.1, 0.15) is 39.0 Å². The average Bonchev–Trinajstić information content (AvgIpc) is 2.25. The van der Waals surface area contributed by atoms with Gasteiger partial charge in [0.05, 0.1) is 6.61 Å². The number of ether oxygens (including phenoxy) is 1. The van der Waals surface area contributed by atoms with Crippen LogP contribution in [0.4, 0.5) is 0 Å². The Morgan fingerprint density at radius 2 is 2.13 bits per heavy atom. The molecule has 84 valence electrons. The number of hydrogen-bond acceptors (Lipinski definition) is 3. The van der Waals surface area contributed by atoms with Gasteiger partial charge in [-0.25, -0.2) is 4.98 Å². The smallest absolute Gasteiger partial charge is 0.310 e. The van der Waals surface area contributed by atoms with Gasteiger partial charge in [0.1, 0.15) is 0 Å². The summed E-state index contributed by atoms with van der Waals surface area (Å²) in [6, 6.07) is 0. The molecule has 0 saturated carbocycles. The maximum Gasteiger partial charge on any atom is 0.310 e. The third-order valence-electron chi connectivity index (χ3n) is 2.16. The Morgan fingerprint density at radius 3 is 2.87 bits per heavy atom. The van der Waals surface area contributed by atoms with Crippen LogP contribution in [-0.2, 0) is 0 Å². The highest BCUT2D eigenvalue weighted by molar-refractivity contribution is 5.01. The number of rotatable bonds is 7. The van der Waals surface area contributed by atoms with E-state index in [1.54, 1.807) is 0 Å². The molecule has 0 aliphatic carbocycles. The molecule has 0 amide bonds. The summed E-state index contributed by atoms with van der Waals surface area (Å²) in [5.74, 6) is 0.174. The summed E-state index contributed by atoms with van der Waals surface area (Å²) < 4.78 is 5.26. The average molecular weight is 210 g/mol. The number of unbranched alkanes of at least 4 members (excludes halogenated alkanes) is 4. The van der Waals surface area contributed by atoms with Crippen molar-refractivity contribution in [3.05, 3.63) is 22.7 Å². The van der Waals surface area contributed by atoms with Crippen molar-refractivity contribution in [2.24, 2.45) is 0 Å². The minimum absolute atomic E-state index is 0.174. The predicted octanol–water partition coefficient (Wildman–Crippen LogP) is 2.12. The van der Waals surface area contributed by atoms with Gasteiger partial charge in [0.25, 0.3) is 5.88 Å². The number of nitrogens with zero attached hydrogens (tertiary/aromatic N) is 1. The summed E-state index contributed by atoms with van der Waals surface area (Å²) >= 11 is 0. The third-order valence-corrected chi connectivity index (χ3v) is 2.16. The predicted molar refractivity (Wildman–Crippen MR) is 59.1 cm³/mol. The minimum Gasteiger partial charge on any atom is -0.474 e. The Labute approximate surface area is 89.7 Å². The first-order chi connectivity index (χ1) is 7.34. The van der Waals surface area contributed by atoms with E-state index in [1.165, 1.54) is 31.7 Å². The van der Waals surface area contributed by atoms with E-state index in [-0.39, 0.29) is 11.4 Å². The molecule has 0 saturated heterocycles. The van der Waals surface area contributed by atoms with E-state index < -0.39 is 0 Å². The second-order valence-corrected chi connectivity index (χ2v) is 3.49. The van der Waals surface area contributed by atoms with E-state index in [2.05, 4.69) is 16.9 Å². The van der Waals surface area contributed by atoms with Crippen molar-refractivity contribution < 1.29 is 4.74 Å². The van der Waals surface area contributed by atoms with Crippen molar-refractivity contribution in [3.8, 4) is 5.88 Å². The molecule has 0 aliphatic rings. The Morgan fingerprint density at radius 1 is 1.33 bits per heavy atom. The van der Waals surface area contributed by atoms with Gasteiger partial charge in [0, 0.05) is 12.4 Å². The van der Waals surface area contributed by atoms with Crippen LogP contribution in [-0.4, -0.2) is 16.6 Å². The first-order valence-corrected chi connectivity index (χ1v) is 5.51. The first-order valence-electron chi connectivity index (χ1n) is 5.51. The largest absolute Gasteiger partial charge is 0.474 e. The second kappa shape index (κ2) is 7.04. The van der Waals surface area contributed by atoms with Crippen LogP contribution < -0.4 is 10.3 Å². The van der Waals surface area contributed by atoms with Gasteiger partial charge >= 0.3 is 5.56 Å². The molecule has 0 bridgehead atoms. The van der Waals surface area contributed by atoms with Crippen LogP contribution in [0.2, 0.25) is 0 Å². The molecular formula is C11H18N2O2. The lowest BCUT2D eigenvalue weighted by Crippen LogP contribution is -2.12. The van der Waals surface area contributed by atoms with E-state index in [9.17, 15) is 4.79 Å². The summed E-state index contributed by atoms with van der Waals surface area (Å²) in [6.45, 7) is 2.76. The minimum atomic E-state index is -0.258. The molecule has 0 spiro atoms. The topological polar surface area (TPSA) is 55.0 Å². The van der Waals surface area contributed by atoms with Gasteiger partial charge in [0.2, 0.25) is 0 Å². The summed E-state index contributed by atoms with van der Waals surface area (Å²) in [5, 5.41) is 0. The molecule has 0 aromatic carbocycles. The van der Waals surface area contributed by atoms with Crippen molar-refractivity contribution in [1.82, 2.24) is 9.97 Å². The van der Waals surface area contributed by atoms with Gasteiger partial charge in [0.15, 0.2) is 0 Å². The van der Waals surface area contributed by atoms with E-state index in [4.69, 9.17) is 4.74 Å². The Hall–Kier alpha value is -1.32. The van der Waals surface area contributed by atoms with Crippen LogP contribution in [0, 0.1) is 0 Å². The maximum absolute atomic E-state index is 11.1. The number of H-pyrrole nitrogens is 1. The molecule has 0 aliphatic heterocycles. The molecule has 1 N–H and O–H groups in total. The fourth-order valence-electron chi connectivity index (χ4n) is 1.32. The van der Waals surface area contributed by atoms with Crippen LogP contribution >= 0.6 is 0 Å². The molecule has 1 heterocycles. The number of nitrogens with one attached hydrogen (secondary N) is 1. The molecular weight excluding hydrogens is 192 g/mol. The van der Waals surface area contributed by atoms with E-state index in [0.29, 0.717) is 6.61 Å². The van der Waals surface area contributed by atoms with E-state index in [1.807, 2.05) is 0 Å². The van der Waals surface area contributed by atoms with Gasteiger partial charge in [-0.15, -0.1) is 0 Å². The van der Waals surface area contributed by atoms with Gasteiger partial charge in [-0.2, -0.15) is 0 Å². The SMILES string of the molecule is CCCCCCCOc1ncc[nH]c1=O. The van der Waals surface area contributed by atoms with Crippen molar-refractivity contribution in [3.63, 3.8) is 0 Å². The Kier molecular flexibility index (Phi) is 5.51. The van der Waals surface area contributed by atoms with Gasteiger partial charge < -0.3 is 9.72 Å². The number of hydrogen-bond donors (Lipinski definition) is 1. The maximum atomic E-state index is 11.1. The Bertz CT molecular complexity index is 322. The van der Waals surface area contributed by atoms with Crippen LogP contribution in [0.15, 0.2) is 17.2 Å². The van der Waals surface area contributed by atoms with Crippen molar-refractivity contribution in [2.75, 3.05) is 6.61 Å². The molecule has 4 heteroatoms. The highest BCUT2D eigenvalue weighted by atomic mass is 16.5. The molecule has 4 nitrogen and oxygen atoms in total. The molecule has 0 fully saturated rings. The summed E-state index contributed by atoms with van der Waals surface area (Å²) in [5.41, 5.74) is -0.258. The number of aromatic nitrogens is 2. The lowest BCUT2D eigenvalue weighted by Gasteiger charge is -2.03. The third kappa shape index (κ3) is 4.63. The zero-order valence-corrected chi connectivity index (χ0v) is 9.16. The van der Waals surface area contributed by atoms with Crippen LogP contribution in [0.3, 0.4) is 0 Å². The zero-order chi connectivity index (χ0) is 10.9. The van der Waals surface area contributed by atoms with Crippen LogP contribution in [0.25, 0.3) is 0 Å². The molecule has 1 aromatic heterocycles. The van der Waals surface area contributed by atoms with E-state index in [0.717, 1.165) is 12.8 Å². The van der Waals surface area contributed by atoms with Gasteiger partial charge in [-0.1, -0.05) is 32.6 Å². The van der Waals surface area contributed by atoms with Crippen molar-refractivity contribution >= 4 is 0 Å². The summed E-state index contributed by atoms with van der Waals surface area (Å²) in [4.78, 5) is 17.5. The van der Waals surface area contributed by atoms with Crippen molar-refractivity contribution in [1.29, 1.82) is 0 Å². The molecule has 0 radical (unpaired) electrons. The fraction of sp³-hybridized carbons (Fsp3) is 0.636. The molecule has 1 rings (SSSR count). The second-order valence-electron chi connectivity index (χ2n) is 3.49. The summed E-state index contributed by atoms with van der Waals surface area (Å²) in [6.07, 6.45) is 8.89. The summed E-state index contributed by atoms with van der Waals surface area (Å²) in [7, 11) is 0. The normalized spacial score (nSPS) is 10.2. The van der Waals surface area contributed by atoms with Crippen LogP contribution in [0.5, 0.6) is 5.88 Å². The van der Waals surface area contributed by atoms with Crippen molar-refractivity contribution in [2.45, 2.75) is 39.0 Å². The molecule has 15 heavy (non-hydrogen) atoms. The Balaban J connectivity index is 2.15. The zero-order valence-electron chi connectivity index (χ0n) is 9.16. The lowest BCUT2D eigenvalue weighted by atomic mass is 10.2. The molecule has 0 atom stereocenters. The lowest BCUT2D eigenvalue weighted by molar-refractivity contribution is 0.289. The molecule has 0 unspecified atom stereocenters. The van der Waals surface area contributed by atoms with E-state index >= 15 is 0 Å².